The molecule has 0 aliphatic carbocycles. The molecule has 10 heteroatoms. The van der Waals surface area contributed by atoms with Crippen LogP contribution in [0, 0.1) is 0 Å². The van der Waals surface area contributed by atoms with E-state index in [0.717, 1.165) is 16.7 Å². The second kappa shape index (κ2) is 8.33. The molecule has 0 radical (unpaired) electrons. The summed E-state index contributed by atoms with van der Waals surface area (Å²) in [4.78, 5) is 39.1. The van der Waals surface area contributed by atoms with Gasteiger partial charge in [0.15, 0.2) is 5.96 Å². The Hall–Kier alpha value is -3.69. The lowest BCUT2D eigenvalue weighted by Crippen LogP contribution is -2.49. The number of likely N-dealkylation sites (N-methyl/N-ethyl adjacent to an activating group) is 1. The van der Waals surface area contributed by atoms with E-state index in [1.807, 2.05) is 29.2 Å². The molecule has 1 aliphatic heterocycles. The van der Waals surface area contributed by atoms with Gasteiger partial charge in [0.1, 0.15) is 0 Å². The summed E-state index contributed by atoms with van der Waals surface area (Å²) in [6, 6.07) is 7.02. The molecule has 10 nitrogen and oxygen atoms in total. The maximum atomic E-state index is 11.8. The minimum absolute atomic E-state index is 0.0504. The Balaban J connectivity index is 1.68. The molecule has 1 saturated heterocycles. The van der Waals surface area contributed by atoms with Gasteiger partial charge in [0, 0.05) is 44.6 Å². The monoisotopic (exact) mass is 382 g/mol. The summed E-state index contributed by atoms with van der Waals surface area (Å²) in [5.74, 6) is 0.297. The van der Waals surface area contributed by atoms with Gasteiger partial charge in [-0.25, -0.2) is 14.8 Å². The molecular weight excluding hydrogens is 360 g/mol. The van der Waals surface area contributed by atoms with Gasteiger partial charge >= 0.3 is 6.03 Å². The Labute approximate surface area is 162 Å². The van der Waals surface area contributed by atoms with Gasteiger partial charge in [-0.1, -0.05) is 18.2 Å². The second-order valence-electron chi connectivity index (χ2n) is 6.40. The fourth-order valence-electron chi connectivity index (χ4n) is 2.76. The number of nitrogens with two attached hydrogens (primary N) is 2. The third-order valence-corrected chi connectivity index (χ3v) is 4.31. The van der Waals surface area contributed by atoms with E-state index in [9.17, 15) is 9.59 Å². The average molecular weight is 382 g/mol. The van der Waals surface area contributed by atoms with Gasteiger partial charge in [0.05, 0.1) is 6.54 Å². The first-order valence-corrected chi connectivity index (χ1v) is 8.70. The molecule has 5 N–H and O–H groups in total. The molecule has 0 atom stereocenters. The van der Waals surface area contributed by atoms with Crippen molar-refractivity contribution >= 4 is 23.8 Å². The molecule has 2 aromatic rings. The first-order valence-electron chi connectivity index (χ1n) is 8.70. The fraction of sp³-hybridized carbons (Fsp3) is 0.278. The van der Waals surface area contributed by atoms with Crippen molar-refractivity contribution < 1.29 is 9.59 Å². The van der Waals surface area contributed by atoms with E-state index in [-0.39, 0.29) is 25.0 Å². The summed E-state index contributed by atoms with van der Waals surface area (Å²) in [6.07, 6.45) is 3.45. The van der Waals surface area contributed by atoms with E-state index in [1.54, 1.807) is 24.3 Å². The lowest BCUT2D eigenvalue weighted by molar-refractivity contribution is -0.129. The van der Waals surface area contributed by atoms with Gasteiger partial charge in [-0.2, -0.15) is 4.99 Å². The van der Waals surface area contributed by atoms with Gasteiger partial charge in [0.25, 0.3) is 0 Å². The van der Waals surface area contributed by atoms with Crippen LogP contribution in [0.25, 0.3) is 11.1 Å². The topological polar surface area (TPSA) is 143 Å². The van der Waals surface area contributed by atoms with Crippen LogP contribution in [0.5, 0.6) is 0 Å². The molecule has 2 heterocycles. The maximum absolute atomic E-state index is 11.8. The lowest BCUT2D eigenvalue weighted by atomic mass is 10.1. The second-order valence-corrected chi connectivity index (χ2v) is 6.40. The number of aromatic nitrogens is 2. The summed E-state index contributed by atoms with van der Waals surface area (Å²) in [6.45, 7) is 1.91. The van der Waals surface area contributed by atoms with Crippen molar-refractivity contribution in [3.8, 4) is 11.1 Å². The van der Waals surface area contributed by atoms with Crippen molar-refractivity contribution in [1.29, 1.82) is 0 Å². The lowest BCUT2D eigenvalue weighted by Gasteiger charge is -2.31. The molecule has 3 amide bonds. The number of hydrogen-bond acceptors (Lipinski definition) is 5. The number of rotatable bonds is 4. The molecule has 3 rings (SSSR count). The van der Waals surface area contributed by atoms with Crippen molar-refractivity contribution in [2.75, 3.05) is 31.6 Å². The van der Waals surface area contributed by atoms with Crippen molar-refractivity contribution in [1.82, 2.24) is 20.2 Å². The maximum Gasteiger partial charge on any atom is 0.344 e. The zero-order valence-electron chi connectivity index (χ0n) is 15.5. The molecule has 0 spiro atoms. The number of benzene rings is 1. The number of nitrogens with zero attached hydrogens (tertiary/aromatic N) is 5. The van der Waals surface area contributed by atoms with Crippen LogP contribution in [0.3, 0.4) is 0 Å². The summed E-state index contributed by atoms with van der Waals surface area (Å²) < 4.78 is 0. The predicted octanol–water partition coefficient (Wildman–Crippen LogP) is -0.0950. The Morgan fingerprint density at radius 2 is 1.96 bits per heavy atom. The van der Waals surface area contributed by atoms with E-state index in [4.69, 9.17) is 11.5 Å². The first-order chi connectivity index (χ1) is 13.4. The third kappa shape index (κ3) is 4.72. The van der Waals surface area contributed by atoms with Gasteiger partial charge in [-0.15, -0.1) is 0 Å². The van der Waals surface area contributed by atoms with Gasteiger partial charge in [0.2, 0.25) is 11.9 Å². The number of piperazine rings is 1. The largest absolute Gasteiger partial charge is 0.370 e. The zero-order valence-corrected chi connectivity index (χ0v) is 15.5. The molecule has 0 bridgehead atoms. The molecular formula is C18H22N8O2. The highest BCUT2D eigenvalue weighted by atomic mass is 16.2. The highest BCUT2D eigenvalue weighted by Crippen LogP contribution is 2.21. The normalized spacial score (nSPS) is 14.0. The van der Waals surface area contributed by atoms with Gasteiger partial charge < -0.3 is 26.6 Å². The highest BCUT2D eigenvalue weighted by molar-refractivity contribution is 5.90. The van der Waals surface area contributed by atoms with E-state index in [2.05, 4.69) is 20.3 Å². The minimum Gasteiger partial charge on any atom is -0.370 e. The summed E-state index contributed by atoms with van der Waals surface area (Å²) in [5.41, 5.74) is 13.0. The van der Waals surface area contributed by atoms with Crippen LogP contribution in [0.1, 0.15) is 5.56 Å². The van der Waals surface area contributed by atoms with Crippen LogP contribution in [0.2, 0.25) is 0 Å². The molecule has 28 heavy (non-hydrogen) atoms. The van der Waals surface area contributed by atoms with Gasteiger partial charge in [-0.05, 0) is 17.2 Å². The van der Waals surface area contributed by atoms with E-state index in [0.29, 0.717) is 19.0 Å². The van der Waals surface area contributed by atoms with Crippen molar-refractivity contribution in [2.24, 2.45) is 16.5 Å². The molecule has 1 aromatic carbocycles. The Bertz CT molecular complexity index is 893. The summed E-state index contributed by atoms with van der Waals surface area (Å²) in [7, 11) is 1.79. The number of guanidine groups is 1. The number of nitrogens with one attached hydrogen (secondary N) is 1. The number of carbonyl (C=O) groups excluding carboxylic acids is 2. The summed E-state index contributed by atoms with van der Waals surface area (Å²) >= 11 is 0. The van der Waals surface area contributed by atoms with Crippen LogP contribution in [-0.4, -0.2) is 59.4 Å². The Morgan fingerprint density at radius 3 is 2.64 bits per heavy atom. The molecule has 0 unspecified atom stereocenters. The van der Waals surface area contributed by atoms with Crippen molar-refractivity contribution in [3.63, 3.8) is 0 Å². The van der Waals surface area contributed by atoms with Gasteiger partial charge in [-0.3, -0.25) is 4.79 Å². The first kappa shape index (κ1) is 19.1. The van der Waals surface area contributed by atoms with Crippen molar-refractivity contribution in [3.05, 3.63) is 42.2 Å². The quantitative estimate of drug-likeness (QED) is 0.495. The number of amides is 3. The number of hydrogen-bond donors (Lipinski definition) is 3. The molecule has 1 aromatic heterocycles. The molecule has 1 fully saturated rings. The number of urea groups is 1. The SMILES string of the molecule is CN1CCN(c2ncc(-c3cccc(CNC(=O)N=C(N)N)c3)cn2)CC1=O. The van der Waals surface area contributed by atoms with E-state index < -0.39 is 6.03 Å². The van der Waals surface area contributed by atoms with Crippen LogP contribution >= 0.6 is 0 Å². The van der Waals surface area contributed by atoms with Crippen LogP contribution < -0.4 is 21.7 Å². The minimum atomic E-state index is -0.597. The van der Waals surface area contributed by atoms with E-state index in [1.165, 1.54) is 0 Å². The van der Waals surface area contributed by atoms with E-state index >= 15 is 0 Å². The summed E-state index contributed by atoms with van der Waals surface area (Å²) in [5, 5.41) is 2.61. The molecule has 0 saturated carbocycles. The smallest absolute Gasteiger partial charge is 0.344 e. The van der Waals surface area contributed by atoms with Crippen LogP contribution in [0.4, 0.5) is 10.7 Å². The fourth-order valence-corrected chi connectivity index (χ4v) is 2.76. The molecule has 1 aliphatic rings. The highest BCUT2D eigenvalue weighted by Gasteiger charge is 2.22. The Kier molecular flexibility index (Phi) is 5.68. The standard InChI is InChI=1S/C18H22N8O2/c1-25-5-6-26(11-15(25)27)17-21-9-14(10-22-17)13-4-2-3-12(7-13)8-23-18(28)24-16(19)20/h2-4,7,9-10H,5-6,8,11H2,1H3,(H5,19,20,23,24,28). The predicted molar refractivity (Wildman–Crippen MR) is 105 cm³/mol. The number of anilines is 1. The van der Waals surface area contributed by atoms with Crippen LogP contribution in [-0.2, 0) is 11.3 Å². The van der Waals surface area contributed by atoms with Crippen molar-refractivity contribution in [2.45, 2.75) is 6.54 Å². The van der Waals surface area contributed by atoms with Crippen LogP contribution in [0.15, 0.2) is 41.7 Å². The molecule has 146 valence electrons. The zero-order chi connectivity index (χ0) is 20.1. The number of carbonyl (C=O) groups is 2. The average Bonchev–Trinajstić information content (AvgIpc) is 2.68. The number of aliphatic imine (C=N–C) groups is 1. The third-order valence-electron chi connectivity index (χ3n) is 4.31. The Morgan fingerprint density at radius 1 is 1.21 bits per heavy atom.